The molecule has 28 heavy (non-hydrogen) atoms. The second-order valence-electron chi connectivity index (χ2n) is 7.59. The molecule has 1 saturated carbocycles. The van der Waals surface area contributed by atoms with Crippen molar-refractivity contribution in [2.75, 3.05) is 5.32 Å². The molecule has 2 amide bonds. The fourth-order valence-electron chi connectivity index (χ4n) is 3.71. The minimum absolute atomic E-state index is 0.0268. The molecule has 0 saturated heterocycles. The number of carbonyl (C=O) groups excluding carboxylic acids is 2. The molecule has 3 rings (SSSR count). The van der Waals surface area contributed by atoms with E-state index in [-0.39, 0.29) is 36.0 Å². The van der Waals surface area contributed by atoms with Gasteiger partial charge in [0.05, 0.1) is 0 Å². The van der Waals surface area contributed by atoms with Gasteiger partial charge in [-0.3, -0.25) is 9.59 Å². The third-order valence-corrected chi connectivity index (χ3v) is 5.74. The SMILES string of the molecule is Cc1cccc(NC(=O)C2CCC(C(=O)NCc3ccccc3F)CC2)c1C. The summed E-state index contributed by atoms with van der Waals surface area (Å²) in [5.74, 6) is -0.530. The van der Waals surface area contributed by atoms with E-state index in [0.29, 0.717) is 31.2 Å². The molecule has 2 aromatic rings. The van der Waals surface area contributed by atoms with Crippen molar-refractivity contribution in [3.05, 3.63) is 65.0 Å². The van der Waals surface area contributed by atoms with Crippen LogP contribution in [0.5, 0.6) is 0 Å². The van der Waals surface area contributed by atoms with Crippen molar-refractivity contribution in [1.82, 2.24) is 5.32 Å². The van der Waals surface area contributed by atoms with Crippen molar-refractivity contribution in [2.24, 2.45) is 11.8 Å². The van der Waals surface area contributed by atoms with E-state index in [4.69, 9.17) is 0 Å². The predicted octanol–water partition coefficient (Wildman–Crippen LogP) is 4.50. The second-order valence-corrected chi connectivity index (χ2v) is 7.59. The lowest BCUT2D eigenvalue weighted by Gasteiger charge is -2.27. The summed E-state index contributed by atoms with van der Waals surface area (Å²) in [6.07, 6.45) is 2.73. The number of hydrogen-bond acceptors (Lipinski definition) is 2. The van der Waals surface area contributed by atoms with E-state index in [2.05, 4.69) is 10.6 Å². The van der Waals surface area contributed by atoms with Gasteiger partial charge in [0, 0.05) is 29.6 Å². The van der Waals surface area contributed by atoms with Crippen molar-refractivity contribution in [3.63, 3.8) is 0 Å². The largest absolute Gasteiger partial charge is 0.352 e. The first-order valence-corrected chi connectivity index (χ1v) is 9.84. The monoisotopic (exact) mass is 382 g/mol. The van der Waals surface area contributed by atoms with Crippen molar-refractivity contribution < 1.29 is 14.0 Å². The summed E-state index contributed by atoms with van der Waals surface area (Å²) in [6, 6.07) is 12.3. The Hall–Kier alpha value is -2.69. The number of aryl methyl sites for hydroxylation is 1. The van der Waals surface area contributed by atoms with E-state index in [1.807, 2.05) is 32.0 Å². The molecule has 0 aromatic heterocycles. The summed E-state index contributed by atoms with van der Waals surface area (Å²) in [6.45, 7) is 4.22. The van der Waals surface area contributed by atoms with Gasteiger partial charge >= 0.3 is 0 Å². The van der Waals surface area contributed by atoms with Crippen LogP contribution in [0.1, 0.15) is 42.4 Å². The third kappa shape index (κ3) is 4.77. The molecule has 0 bridgehead atoms. The number of carbonyl (C=O) groups is 2. The van der Waals surface area contributed by atoms with Crippen molar-refractivity contribution in [1.29, 1.82) is 0 Å². The van der Waals surface area contributed by atoms with Crippen LogP contribution < -0.4 is 10.6 Å². The van der Waals surface area contributed by atoms with Gasteiger partial charge in [-0.1, -0.05) is 30.3 Å². The summed E-state index contributed by atoms with van der Waals surface area (Å²) in [7, 11) is 0. The number of hydrogen-bond donors (Lipinski definition) is 2. The molecule has 0 unspecified atom stereocenters. The number of rotatable bonds is 5. The zero-order chi connectivity index (χ0) is 20.1. The lowest BCUT2D eigenvalue weighted by molar-refractivity contribution is -0.128. The molecule has 0 spiro atoms. The van der Waals surface area contributed by atoms with Crippen molar-refractivity contribution >= 4 is 17.5 Å². The van der Waals surface area contributed by atoms with E-state index < -0.39 is 0 Å². The Balaban J connectivity index is 1.48. The topological polar surface area (TPSA) is 58.2 Å². The molecule has 2 N–H and O–H groups in total. The average molecular weight is 382 g/mol. The second kappa shape index (κ2) is 9.00. The van der Waals surface area contributed by atoms with Crippen LogP contribution in [0.4, 0.5) is 10.1 Å². The highest BCUT2D eigenvalue weighted by Gasteiger charge is 2.30. The summed E-state index contributed by atoms with van der Waals surface area (Å²) in [5, 5.41) is 5.86. The molecular weight excluding hydrogens is 355 g/mol. The molecule has 0 aliphatic heterocycles. The van der Waals surface area contributed by atoms with Crippen LogP contribution in [0.25, 0.3) is 0 Å². The molecule has 1 fully saturated rings. The zero-order valence-electron chi connectivity index (χ0n) is 16.4. The summed E-state index contributed by atoms with van der Waals surface area (Å²) in [4.78, 5) is 25.0. The minimum atomic E-state index is -0.311. The average Bonchev–Trinajstić information content (AvgIpc) is 2.70. The summed E-state index contributed by atoms with van der Waals surface area (Å²) in [5.41, 5.74) is 3.57. The Morgan fingerprint density at radius 2 is 1.57 bits per heavy atom. The van der Waals surface area contributed by atoms with Gasteiger partial charge in [-0.2, -0.15) is 0 Å². The summed E-state index contributed by atoms with van der Waals surface area (Å²) >= 11 is 0. The first kappa shape index (κ1) is 20.1. The number of halogens is 1. The highest BCUT2D eigenvalue weighted by Crippen LogP contribution is 2.30. The molecule has 5 heteroatoms. The van der Waals surface area contributed by atoms with Gasteiger partial charge < -0.3 is 10.6 Å². The number of anilines is 1. The summed E-state index contributed by atoms with van der Waals surface area (Å²) < 4.78 is 13.7. The van der Waals surface area contributed by atoms with E-state index in [9.17, 15) is 14.0 Å². The van der Waals surface area contributed by atoms with E-state index >= 15 is 0 Å². The van der Waals surface area contributed by atoms with Gasteiger partial charge in [0.2, 0.25) is 11.8 Å². The maximum Gasteiger partial charge on any atom is 0.227 e. The lowest BCUT2D eigenvalue weighted by atomic mass is 9.81. The first-order valence-electron chi connectivity index (χ1n) is 9.84. The highest BCUT2D eigenvalue weighted by atomic mass is 19.1. The van der Waals surface area contributed by atoms with Gasteiger partial charge in [-0.15, -0.1) is 0 Å². The van der Waals surface area contributed by atoms with E-state index in [0.717, 1.165) is 16.8 Å². The van der Waals surface area contributed by atoms with Crippen molar-refractivity contribution in [2.45, 2.75) is 46.1 Å². The molecule has 0 heterocycles. The zero-order valence-corrected chi connectivity index (χ0v) is 16.4. The van der Waals surface area contributed by atoms with Crippen LogP contribution in [0.2, 0.25) is 0 Å². The Morgan fingerprint density at radius 1 is 0.929 bits per heavy atom. The molecule has 1 aliphatic rings. The maximum atomic E-state index is 13.7. The molecule has 2 aromatic carbocycles. The number of amides is 2. The molecular formula is C23H27FN2O2. The maximum absolute atomic E-state index is 13.7. The molecule has 0 atom stereocenters. The fraction of sp³-hybridized carbons (Fsp3) is 0.391. The standard InChI is InChI=1S/C23H27FN2O2/c1-15-6-5-9-21(16(15)2)26-23(28)18-12-10-17(11-13-18)22(27)25-14-19-7-3-4-8-20(19)24/h3-9,17-18H,10-14H2,1-2H3,(H,25,27)(H,26,28). The van der Waals surface area contributed by atoms with Crippen LogP contribution in [0.15, 0.2) is 42.5 Å². The van der Waals surface area contributed by atoms with E-state index in [1.54, 1.807) is 18.2 Å². The Labute approximate surface area is 165 Å². The smallest absolute Gasteiger partial charge is 0.227 e. The number of nitrogens with one attached hydrogen (secondary N) is 2. The van der Waals surface area contributed by atoms with Crippen LogP contribution in [-0.2, 0) is 16.1 Å². The number of benzene rings is 2. The van der Waals surface area contributed by atoms with Crippen LogP contribution in [0.3, 0.4) is 0 Å². The van der Waals surface area contributed by atoms with Gasteiger partial charge in [-0.05, 0) is 62.8 Å². The predicted molar refractivity (Wildman–Crippen MR) is 108 cm³/mol. The lowest BCUT2D eigenvalue weighted by Crippen LogP contribution is -2.35. The highest BCUT2D eigenvalue weighted by molar-refractivity contribution is 5.93. The molecule has 4 nitrogen and oxygen atoms in total. The minimum Gasteiger partial charge on any atom is -0.352 e. The quantitative estimate of drug-likeness (QED) is 0.800. The Kier molecular flexibility index (Phi) is 6.45. The van der Waals surface area contributed by atoms with Gasteiger partial charge in [0.1, 0.15) is 5.82 Å². The van der Waals surface area contributed by atoms with Gasteiger partial charge in [0.15, 0.2) is 0 Å². The molecule has 1 aliphatic carbocycles. The fourth-order valence-corrected chi connectivity index (χ4v) is 3.71. The van der Waals surface area contributed by atoms with Gasteiger partial charge in [0.25, 0.3) is 0 Å². The molecule has 0 radical (unpaired) electrons. The van der Waals surface area contributed by atoms with Crippen molar-refractivity contribution in [3.8, 4) is 0 Å². The first-order chi connectivity index (χ1) is 13.5. The van der Waals surface area contributed by atoms with Crippen LogP contribution in [0, 0.1) is 31.5 Å². The Morgan fingerprint density at radius 3 is 2.25 bits per heavy atom. The van der Waals surface area contributed by atoms with Gasteiger partial charge in [-0.25, -0.2) is 4.39 Å². The Bertz CT molecular complexity index is 857. The van der Waals surface area contributed by atoms with Crippen LogP contribution >= 0.6 is 0 Å². The normalized spacial score (nSPS) is 19.1. The van der Waals surface area contributed by atoms with Crippen LogP contribution in [-0.4, -0.2) is 11.8 Å². The molecule has 148 valence electrons. The third-order valence-electron chi connectivity index (χ3n) is 5.74. The van der Waals surface area contributed by atoms with E-state index in [1.165, 1.54) is 6.07 Å².